The van der Waals surface area contributed by atoms with E-state index in [9.17, 15) is 0 Å². The van der Waals surface area contributed by atoms with Crippen molar-refractivity contribution in [2.24, 2.45) is 0 Å². The van der Waals surface area contributed by atoms with Crippen LogP contribution in [0.5, 0.6) is 0 Å². The van der Waals surface area contributed by atoms with Crippen molar-refractivity contribution in [2.45, 2.75) is 6.92 Å². The first-order valence-electron chi connectivity index (χ1n) is 6.55. The second kappa shape index (κ2) is 5.77. The van der Waals surface area contributed by atoms with E-state index in [2.05, 4.69) is 67.3 Å². The van der Waals surface area contributed by atoms with E-state index in [1.165, 1.54) is 16.0 Å². The molecule has 0 saturated heterocycles. The van der Waals surface area contributed by atoms with Crippen LogP contribution in [0.15, 0.2) is 66.7 Å². The highest BCUT2D eigenvalue weighted by Gasteiger charge is 2.00. The van der Waals surface area contributed by atoms with Crippen LogP contribution in [0, 0.1) is 18.8 Å². The molecule has 1 heteroatoms. The Morgan fingerprint density at radius 1 is 0.800 bits per heavy atom. The average molecular weight is 274 g/mol. The lowest BCUT2D eigenvalue weighted by atomic mass is 10.1. The van der Waals surface area contributed by atoms with Crippen LogP contribution in [0.4, 0.5) is 0 Å². The molecule has 0 amide bonds. The molecule has 1 heterocycles. The molecule has 1 aromatic heterocycles. The highest BCUT2D eigenvalue weighted by Crippen LogP contribution is 2.27. The van der Waals surface area contributed by atoms with Gasteiger partial charge in [-0.25, -0.2) is 0 Å². The summed E-state index contributed by atoms with van der Waals surface area (Å²) in [6.07, 6.45) is 0. The van der Waals surface area contributed by atoms with Gasteiger partial charge in [-0.15, -0.1) is 11.3 Å². The van der Waals surface area contributed by atoms with E-state index in [1.54, 1.807) is 11.3 Å². The fraction of sp³-hybridized carbons (Fsp3) is 0.0526. The molecule has 0 unspecified atom stereocenters. The van der Waals surface area contributed by atoms with Crippen LogP contribution in [-0.4, -0.2) is 0 Å². The average Bonchev–Trinajstić information content (AvgIpc) is 2.95. The largest absolute Gasteiger partial charge is 0.127 e. The monoisotopic (exact) mass is 274 g/mol. The molecule has 0 aliphatic heterocycles. The number of aryl methyl sites for hydroxylation is 1. The van der Waals surface area contributed by atoms with E-state index in [-0.39, 0.29) is 0 Å². The van der Waals surface area contributed by atoms with Crippen LogP contribution >= 0.6 is 11.3 Å². The molecule has 0 atom stereocenters. The Hall–Kier alpha value is -2.30. The molecular weight excluding hydrogens is 260 g/mol. The molecule has 0 radical (unpaired) electrons. The smallest absolute Gasteiger partial charge is 0.0778 e. The summed E-state index contributed by atoms with van der Waals surface area (Å²) < 4.78 is 0. The minimum atomic E-state index is 1.07. The molecule has 0 N–H and O–H groups in total. The van der Waals surface area contributed by atoms with E-state index >= 15 is 0 Å². The summed E-state index contributed by atoms with van der Waals surface area (Å²) in [5.74, 6) is 6.47. The maximum Gasteiger partial charge on any atom is 0.0778 e. The van der Waals surface area contributed by atoms with Crippen molar-refractivity contribution in [2.75, 3.05) is 0 Å². The minimum Gasteiger partial charge on any atom is -0.127 e. The Bertz CT molecular complexity index is 770. The van der Waals surface area contributed by atoms with Crippen molar-refractivity contribution in [3.05, 3.63) is 82.7 Å². The molecule has 0 spiro atoms. The Balaban J connectivity index is 1.85. The fourth-order valence-electron chi connectivity index (χ4n) is 2.02. The van der Waals surface area contributed by atoms with Crippen LogP contribution in [-0.2, 0) is 0 Å². The summed E-state index contributed by atoms with van der Waals surface area (Å²) in [4.78, 5) is 2.37. The SMILES string of the molecule is Cc1cccc(C#Cc2ccc(-c3ccccc3)s2)c1. The predicted octanol–water partition coefficient (Wildman–Crippen LogP) is 5.12. The van der Waals surface area contributed by atoms with Gasteiger partial charge in [0.2, 0.25) is 0 Å². The van der Waals surface area contributed by atoms with Gasteiger partial charge in [0, 0.05) is 10.4 Å². The van der Waals surface area contributed by atoms with Gasteiger partial charge in [-0.3, -0.25) is 0 Å². The zero-order chi connectivity index (χ0) is 13.8. The Morgan fingerprint density at radius 2 is 1.65 bits per heavy atom. The number of hydrogen-bond acceptors (Lipinski definition) is 1. The van der Waals surface area contributed by atoms with Gasteiger partial charge in [0.25, 0.3) is 0 Å². The minimum absolute atomic E-state index is 1.07. The summed E-state index contributed by atoms with van der Waals surface area (Å²) >= 11 is 1.74. The third-order valence-electron chi connectivity index (χ3n) is 3.01. The molecule has 20 heavy (non-hydrogen) atoms. The van der Waals surface area contributed by atoms with E-state index in [0.29, 0.717) is 0 Å². The standard InChI is InChI=1S/C19H14S/c1-15-6-5-7-16(14-15)10-11-18-12-13-19(20-18)17-8-3-2-4-9-17/h2-9,12-14H,1H3. The van der Waals surface area contributed by atoms with E-state index in [0.717, 1.165) is 10.4 Å². The first kappa shape index (κ1) is 12.7. The predicted molar refractivity (Wildman–Crippen MR) is 86.9 cm³/mol. The second-order valence-electron chi connectivity index (χ2n) is 4.65. The number of hydrogen-bond donors (Lipinski definition) is 0. The number of benzene rings is 2. The number of rotatable bonds is 1. The van der Waals surface area contributed by atoms with Gasteiger partial charge in [-0.1, -0.05) is 54.3 Å². The van der Waals surface area contributed by atoms with Gasteiger partial charge in [0.15, 0.2) is 0 Å². The van der Waals surface area contributed by atoms with E-state index in [4.69, 9.17) is 0 Å². The van der Waals surface area contributed by atoms with Crippen LogP contribution < -0.4 is 0 Å². The lowest BCUT2D eigenvalue weighted by molar-refractivity contribution is 1.46. The number of thiophene rings is 1. The lowest BCUT2D eigenvalue weighted by Crippen LogP contribution is -1.75. The topological polar surface area (TPSA) is 0 Å². The van der Waals surface area contributed by atoms with Crippen LogP contribution in [0.2, 0.25) is 0 Å². The van der Waals surface area contributed by atoms with Crippen molar-refractivity contribution in [1.82, 2.24) is 0 Å². The third-order valence-corrected chi connectivity index (χ3v) is 4.06. The zero-order valence-electron chi connectivity index (χ0n) is 11.3. The molecular formula is C19H14S. The Morgan fingerprint density at radius 3 is 2.45 bits per heavy atom. The summed E-state index contributed by atoms with van der Waals surface area (Å²) in [7, 11) is 0. The maximum absolute atomic E-state index is 3.25. The van der Waals surface area contributed by atoms with Crippen LogP contribution in [0.25, 0.3) is 10.4 Å². The van der Waals surface area contributed by atoms with Gasteiger partial charge in [-0.2, -0.15) is 0 Å². The third kappa shape index (κ3) is 2.99. The van der Waals surface area contributed by atoms with Gasteiger partial charge >= 0.3 is 0 Å². The maximum atomic E-state index is 3.25. The van der Waals surface area contributed by atoms with Crippen molar-refractivity contribution in [3.63, 3.8) is 0 Å². The summed E-state index contributed by atoms with van der Waals surface area (Å²) in [6, 6.07) is 22.9. The molecule has 0 aliphatic rings. The van der Waals surface area contributed by atoms with Crippen molar-refractivity contribution in [3.8, 4) is 22.3 Å². The normalized spacial score (nSPS) is 9.85. The van der Waals surface area contributed by atoms with Gasteiger partial charge in [0.05, 0.1) is 4.88 Å². The van der Waals surface area contributed by atoms with Crippen molar-refractivity contribution < 1.29 is 0 Å². The summed E-state index contributed by atoms with van der Waals surface area (Å²) in [5, 5.41) is 0. The van der Waals surface area contributed by atoms with Crippen LogP contribution in [0.3, 0.4) is 0 Å². The zero-order valence-corrected chi connectivity index (χ0v) is 12.1. The molecule has 0 bridgehead atoms. The summed E-state index contributed by atoms with van der Waals surface area (Å²) in [5.41, 5.74) is 3.56. The van der Waals surface area contributed by atoms with Gasteiger partial charge in [-0.05, 0) is 42.3 Å². The fourth-order valence-corrected chi connectivity index (χ4v) is 2.88. The molecule has 0 saturated carbocycles. The molecule has 3 rings (SSSR count). The van der Waals surface area contributed by atoms with E-state index < -0.39 is 0 Å². The highest BCUT2D eigenvalue weighted by atomic mass is 32.1. The van der Waals surface area contributed by atoms with E-state index in [1.807, 2.05) is 18.2 Å². The molecule has 0 fully saturated rings. The van der Waals surface area contributed by atoms with Crippen molar-refractivity contribution >= 4 is 11.3 Å². The molecule has 0 aliphatic carbocycles. The van der Waals surface area contributed by atoms with Gasteiger partial charge < -0.3 is 0 Å². The Kier molecular flexibility index (Phi) is 3.67. The lowest BCUT2D eigenvalue weighted by Gasteiger charge is -1.94. The first-order valence-corrected chi connectivity index (χ1v) is 7.37. The second-order valence-corrected chi connectivity index (χ2v) is 5.73. The quantitative estimate of drug-likeness (QED) is 0.540. The van der Waals surface area contributed by atoms with Crippen LogP contribution in [0.1, 0.15) is 16.0 Å². The van der Waals surface area contributed by atoms with Gasteiger partial charge in [0.1, 0.15) is 0 Å². The highest BCUT2D eigenvalue weighted by molar-refractivity contribution is 7.16. The summed E-state index contributed by atoms with van der Waals surface area (Å²) in [6.45, 7) is 2.09. The molecule has 96 valence electrons. The first-order chi connectivity index (χ1) is 9.81. The molecule has 0 nitrogen and oxygen atoms in total. The molecule has 2 aromatic carbocycles. The van der Waals surface area contributed by atoms with Crippen molar-refractivity contribution in [1.29, 1.82) is 0 Å². The Labute approximate surface area is 123 Å². The molecule has 3 aromatic rings.